The average Bonchev–Trinajstić information content (AvgIpc) is 2.95. The van der Waals surface area contributed by atoms with Crippen LogP contribution in [0.4, 0.5) is 0 Å². The van der Waals surface area contributed by atoms with Gasteiger partial charge in [0.2, 0.25) is 0 Å². The number of ether oxygens (including phenoxy) is 1. The first-order valence-corrected chi connectivity index (χ1v) is 6.28. The third-order valence-corrected chi connectivity index (χ3v) is 3.56. The highest BCUT2D eigenvalue weighted by molar-refractivity contribution is 5.84. The van der Waals surface area contributed by atoms with E-state index in [4.69, 9.17) is 4.74 Å². The maximum Gasteiger partial charge on any atom is 0.155 e. The van der Waals surface area contributed by atoms with E-state index in [0.717, 1.165) is 6.54 Å². The highest BCUT2D eigenvalue weighted by Gasteiger charge is 2.27. The van der Waals surface area contributed by atoms with Crippen LogP contribution in [0.3, 0.4) is 0 Å². The Hall–Kier alpha value is -1.58. The monoisotopic (exact) mass is 243 g/mol. The molecular formula is C15H17NO2. The summed E-state index contributed by atoms with van der Waals surface area (Å²) >= 11 is 0. The van der Waals surface area contributed by atoms with Crippen molar-refractivity contribution in [3.8, 4) is 0 Å². The van der Waals surface area contributed by atoms with Crippen LogP contribution in [0.2, 0.25) is 0 Å². The topological polar surface area (TPSA) is 34.4 Å². The molecule has 2 aromatic rings. The molecule has 1 aromatic carbocycles. The van der Waals surface area contributed by atoms with Gasteiger partial charge < -0.3 is 14.4 Å². The lowest BCUT2D eigenvalue weighted by molar-refractivity contribution is -0.0589. The SMILES string of the molecule is C=CCn1cc(C2COC(O)C2)c2ccccc21. The molecule has 1 fully saturated rings. The molecule has 0 amide bonds. The van der Waals surface area contributed by atoms with Crippen LogP contribution in [0.25, 0.3) is 10.9 Å². The van der Waals surface area contributed by atoms with Gasteiger partial charge in [-0.25, -0.2) is 0 Å². The van der Waals surface area contributed by atoms with Crippen LogP contribution in [0.15, 0.2) is 43.1 Å². The molecule has 0 bridgehead atoms. The standard InChI is InChI=1S/C15H17NO2/c1-2-7-16-9-13(11-8-15(17)18-10-11)12-5-3-4-6-14(12)16/h2-6,9,11,15,17H,1,7-8,10H2. The average molecular weight is 243 g/mol. The number of hydrogen-bond donors (Lipinski definition) is 1. The molecule has 94 valence electrons. The number of benzene rings is 1. The minimum absolute atomic E-state index is 0.288. The van der Waals surface area contributed by atoms with Gasteiger partial charge in [-0.1, -0.05) is 24.3 Å². The van der Waals surface area contributed by atoms with Crippen molar-refractivity contribution in [2.75, 3.05) is 6.61 Å². The third-order valence-electron chi connectivity index (χ3n) is 3.56. The minimum atomic E-state index is -0.614. The van der Waals surface area contributed by atoms with Gasteiger partial charge in [-0.2, -0.15) is 0 Å². The van der Waals surface area contributed by atoms with E-state index >= 15 is 0 Å². The first-order chi connectivity index (χ1) is 8.79. The van der Waals surface area contributed by atoms with Crippen molar-refractivity contribution >= 4 is 10.9 Å². The summed E-state index contributed by atoms with van der Waals surface area (Å²) < 4.78 is 7.46. The Morgan fingerprint density at radius 3 is 3.00 bits per heavy atom. The normalized spacial score (nSPS) is 23.6. The van der Waals surface area contributed by atoms with Gasteiger partial charge in [-0.15, -0.1) is 6.58 Å². The van der Waals surface area contributed by atoms with Crippen molar-refractivity contribution in [1.29, 1.82) is 0 Å². The Bertz CT molecular complexity index is 573. The van der Waals surface area contributed by atoms with Crippen LogP contribution in [0, 0.1) is 0 Å². The van der Waals surface area contributed by atoms with Crippen molar-refractivity contribution in [2.24, 2.45) is 0 Å². The second-order valence-electron chi connectivity index (χ2n) is 4.76. The van der Waals surface area contributed by atoms with Crippen LogP contribution < -0.4 is 0 Å². The first kappa shape index (κ1) is 11.5. The lowest BCUT2D eigenvalue weighted by Gasteiger charge is -2.05. The summed E-state index contributed by atoms with van der Waals surface area (Å²) in [7, 11) is 0. The quantitative estimate of drug-likeness (QED) is 0.841. The lowest BCUT2D eigenvalue weighted by atomic mass is 9.98. The van der Waals surface area contributed by atoms with Gasteiger partial charge in [0.05, 0.1) is 6.61 Å². The first-order valence-electron chi connectivity index (χ1n) is 6.28. The second kappa shape index (κ2) is 4.59. The van der Waals surface area contributed by atoms with Crippen molar-refractivity contribution in [1.82, 2.24) is 4.57 Å². The predicted molar refractivity (Wildman–Crippen MR) is 71.5 cm³/mol. The molecule has 1 aliphatic rings. The fraction of sp³-hybridized carbons (Fsp3) is 0.333. The maximum absolute atomic E-state index is 9.50. The van der Waals surface area contributed by atoms with Crippen molar-refractivity contribution in [3.05, 3.63) is 48.7 Å². The van der Waals surface area contributed by atoms with E-state index in [1.807, 2.05) is 12.1 Å². The highest BCUT2D eigenvalue weighted by Crippen LogP contribution is 2.34. The lowest BCUT2D eigenvalue weighted by Crippen LogP contribution is -2.00. The molecule has 1 aliphatic heterocycles. The van der Waals surface area contributed by atoms with Gasteiger partial charge in [0, 0.05) is 36.0 Å². The van der Waals surface area contributed by atoms with E-state index in [-0.39, 0.29) is 5.92 Å². The number of para-hydroxylation sites is 1. The van der Waals surface area contributed by atoms with E-state index < -0.39 is 6.29 Å². The van der Waals surface area contributed by atoms with Gasteiger partial charge in [-0.3, -0.25) is 0 Å². The van der Waals surface area contributed by atoms with Crippen LogP contribution in [0.5, 0.6) is 0 Å². The van der Waals surface area contributed by atoms with Gasteiger partial charge in [0.15, 0.2) is 6.29 Å². The zero-order chi connectivity index (χ0) is 12.5. The summed E-state index contributed by atoms with van der Waals surface area (Å²) in [4.78, 5) is 0. The van der Waals surface area contributed by atoms with E-state index in [0.29, 0.717) is 13.0 Å². The molecule has 2 unspecified atom stereocenters. The molecule has 18 heavy (non-hydrogen) atoms. The molecule has 2 atom stereocenters. The van der Waals surface area contributed by atoms with Gasteiger partial charge in [0.1, 0.15) is 0 Å². The Kier molecular flexibility index (Phi) is 2.94. The molecular weight excluding hydrogens is 226 g/mol. The van der Waals surface area contributed by atoms with Crippen molar-refractivity contribution in [2.45, 2.75) is 25.2 Å². The smallest absolute Gasteiger partial charge is 0.155 e. The second-order valence-corrected chi connectivity index (χ2v) is 4.76. The fourth-order valence-corrected chi connectivity index (χ4v) is 2.71. The van der Waals surface area contributed by atoms with Gasteiger partial charge in [-0.05, 0) is 11.6 Å². The summed E-state index contributed by atoms with van der Waals surface area (Å²) in [6, 6.07) is 8.35. The number of aromatic nitrogens is 1. The number of aliphatic hydroxyl groups is 1. The summed E-state index contributed by atoms with van der Waals surface area (Å²) in [6.07, 6.45) is 4.13. The van der Waals surface area contributed by atoms with Crippen LogP contribution in [-0.4, -0.2) is 22.6 Å². The number of fused-ring (bicyclic) bond motifs is 1. The summed E-state index contributed by atoms with van der Waals surface area (Å²) in [6.45, 7) is 5.20. The van der Waals surface area contributed by atoms with Gasteiger partial charge >= 0.3 is 0 Å². The Labute approximate surface area is 106 Å². The number of aliphatic hydroxyl groups excluding tert-OH is 1. The molecule has 0 spiro atoms. The number of hydrogen-bond acceptors (Lipinski definition) is 2. The Balaban J connectivity index is 2.08. The van der Waals surface area contributed by atoms with Crippen molar-refractivity contribution < 1.29 is 9.84 Å². The van der Waals surface area contributed by atoms with Crippen LogP contribution in [0.1, 0.15) is 17.9 Å². The van der Waals surface area contributed by atoms with E-state index in [1.165, 1.54) is 16.5 Å². The fourth-order valence-electron chi connectivity index (χ4n) is 2.71. The Morgan fingerprint density at radius 1 is 1.44 bits per heavy atom. The molecule has 1 N–H and O–H groups in total. The Morgan fingerprint density at radius 2 is 2.28 bits per heavy atom. The number of rotatable bonds is 3. The maximum atomic E-state index is 9.50. The van der Waals surface area contributed by atoms with Crippen LogP contribution in [-0.2, 0) is 11.3 Å². The molecule has 1 saturated heterocycles. The molecule has 3 rings (SSSR count). The summed E-state index contributed by atoms with van der Waals surface area (Å²) in [5.41, 5.74) is 2.48. The zero-order valence-electron chi connectivity index (χ0n) is 10.2. The molecule has 0 radical (unpaired) electrons. The minimum Gasteiger partial charge on any atom is -0.368 e. The van der Waals surface area contributed by atoms with Gasteiger partial charge in [0.25, 0.3) is 0 Å². The van der Waals surface area contributed by atoms with Crippen molar-refractivity contribution in [3.63, 3.8) is 0 Å². The third kappa shape index (κ3) is 1.85. The molecule has 3 nitrogen and oxygen atoms in total. The summed E-state index contributed by atoms with van der Waals surface area (Å²) in [5, 5.41) is 10.7. The number of allylic oxidation sites excluding steroid dienone is 1. The molecule has 0 saturated carbocycles. The largest absolute Gasteiger partial charge is 0.368 e. The molecule has 2 heterocycles. The number of nitrogens with zero attached hydrogens (tertiary/aromatic N) is 1. The van der Waals surface area contributed by atoms with E-state index in [2.05, 4.69) is 35.5 Å². The van der Waals surface area contributed by atoms with E-state index in [1.54, 1.807) is 0 Å². The molecule has 1 aromatic heterocycles. The van der Waals surface area contributed by atoms with E-state index in [9.17, 15) is 5.11 Å². The molecule has 3 heteroatoms. The summed E-state index contributed by atoms with van der Waals surface area (Å²) in [5.74, 6) is 0.288. The van der Waals surface area contributed by atoms with Crippen LogP contribution >= 0.6 is 0 Å². The highest BCUT2D eigenvalue weighted by atomic mass is 16.6. The zero-order valence-corrected chi connectivity index (χ0v) is 10.2. The molecule has 0 aliphatic carbocycles. The predicted octanol–water partition coefficient (Wildman–Crippen LogP) is 2.65.